The second-order valence-corrected chi connectivity index (χ2v) is 16.9. The molecule has 192 valence electrons. The molecule has 12 fully saturated rings. The maximum Gasteiger partial charge on any atom is 0.138 e. The quantitative estimate of drug-likeness (QED) is 0.453. The zero-order chi connectivity index (χ0) is 23.3. The average Bonchev–Trinajstić information content (AvgIpc) is 2.81. The summed E-state index contributed by atoms with van der Waals surface area (Å²) >= 11 is 0. The van der Waals surface area contributed by atoms with E-state index in [1.54, 1.807) is 0 Å². The first-order valence-electron chi connectivity index (χ1n) is 16.3. The molecule has 0 amide bonds. The highest BCUT2D eigenvalue weighted by molar-refractivity contribution is 5.27. The molecule has 0 radical (unpaired) electrons. The number of nitrogens with zero attached hydrogens (tertiary/aromatic N) is 3. The zero-order valence-electron chi connectivity index (χ0n) is 22.3. The summed E-state index contributed by atoms with van der Waals surface area (Å²) in [5, 5.41) is 0. The Bertz CT molecular complexity index is 862. The summed E-state index contributed by atoms with van der Waals surface area (Å²) in [6, 6.07) is 0. The summed E-state index contributed by atoms with van der Waals surface area (Å²) in [7, 11) is 0. The molecule has 1 heterocycles. The second kappa shape index (κ2) is 6.77. The molecule has 0 atom stereocenters. The van der Waals surface area contributed by atoms with Gasteiger partial charge >= 0.3 is 0 Å². The van der Waals surface area contributed by atoms with Crippen LogP contribution in [0.15, 0.2) is 0 Å². The summed E-state index contributed by atoms with van der Waals surface area (Å²) in [6.07, 6.45) is 26.1. The molecule has 12 bridgehead atoms. The standard InChI is InChI=1S/C33H45N3/c1-19-2-21-3-20(1)11-31(10-19,12-21)28-34-29(32-13-22-4-23(14-32)6-24(5-22)15-32)36-30(35-28)33-16-25-7-26(17-33)9-27(8-25)18-33/h19-27H,1-18H2. The third kappa shape index (κ3) is 2.79. The van der Waals surface area contributed by atoms with Gasteiger partial charge in [0.25, 0.3) is 0 Å². The molecule has 0 saturated heterocycles. The smallest absolute Gasteiger partial charge is 0.138 e. The molecular weight excluding hydrogens is 438 g/mol. The van der Waals surface area contributed by atoms with Crippen LogP contribution in [0, 0.1) is 53.3 Å². The Kier molecular flexibility index (Phi) is 3.93. The normalized spacial score (nSPS) is 57.2. The van der Waals surface area contributed by atoms with E-state index in [0.29, 0.717) is 16.2 Å². The van der Waals surface area contributed by atoms with E-state index in [-0.39, 0.29) is 0 Å². The molecule has 12 aliphatic carbocycles. The van der Waals surface area contributed by atoms with E-state index in [2.05, 4.69) is 0 Å². The fourth-order valence-corrected chi connectivity index (χ4v) is 14.2. The third-order valence-electron chi connectivity index (χ3n) is 14.2. The molecule has 3 nitrogen and oxygen atoms in total. The van der Waals surface area contributed by atoms with Gasteiger partial charge in [0, 0.05) is 16.2 Å². The van der Waals surface area contributed by atoms with Gasteiger partial charge < -0.3 is 0 Å². The van der Waals surface area contributed by atoms with E-state index < -0.39 is 0 Å². The highest BCUT2D eigenvalue weighted by Gasteiger charge is 2.58. The number of aromatic nitrogens is 3. The summed E-state index contributed by atoms with van der Waals surface area (Å²) < 4.78 is 0. The number of hydrogen-bond acceptors (Lipinski definition) is 3. The SMILES string of the molecule is C1C2CC3CC1CC(c1nc(C45CC6CC(CC(C6)C4)C5)nc(C45CC6CC(CC(C6)C4)C5)n1)(C2)C3. The monoisotopic (exact) mass is 483 g/mol. The van der Waals surface area contributed by atoms with Crippen molar-refractivity contribution in [3.05, 3.63) is 17.5 Å². The molecule has 12 saturated carbocycles. The first-order valence-corrected chi connectivity index (χ1v) is 16.3. The van der Waals surface area contributed by atoms with Crippen molar-refractivity contribution in [3.63, 3.8) is 0 Å². The van der Waals surface area contributed by atoms with Crippen LogP contribution in [0.1, 0.15) is 133 Å². The van der Waals surface area contributed by atoms with Gasteiger partial charge in [-0.05, 0) is 169 Å². The highest BCUT2D eigenvalue weighted by Crippen LogP contribution is 2.64. The molecule has 1 aromatic heterocycles. The summed E-state index contributed by atoms with van der Waals surface area (Å²) in [5.74, 6) is 12.6. The van der Waals surface area contributed by atoms with E-state index in [9.17, 15) is 0 Å². The van der Waals surface area contributed by atoms with Crippen LogP contribution in [-0.2, 0) is 16.2 Å². The lowest BCUT2D eigenvalue weighted by molar-refractivity contribution is -0.0218. The van der Waals surface area contributed by atoms with Crippen LogP contribution in [0.5, 0.6) is 0 Å². The fourth-order valence-electron chi connectivity index (χ4n) is 14.2. The van der Waals surface area contributed by atoms with Gasteiger partial charge in [-0.3, -0.25) is 0 Å². The molecular formula is C33H45N3. The molecule has 0 spiro atoms. The van der Waals surface area contributed by atoms with Gasteiger partial charge in [0.15, 0.2) is 0 Å². The Morgan fingerprint density at radius 2 is 0.472 bits per heavy atom. The number of rotatable bonds is 3. The first kappa shape index (κ1) is 20.9. The molecule has 13 rings (SSSR count). The van der Waals surface area contributed by atoms with Gasteiger partial charge in [-0.25, -0.2) is 15.0 Å². The topological polar surface area (TPSA) is 38.7 Å². The van der Waals surface area contributed by atoms with Gasteiger partial charge in [-0.2, -0.15) is 0 Å². The van der Waals surface area contributed by atoms with Gasteiger partial charge in [-0.15, -0.1) is 0 Å². The Balaban J connectivity index is 1.14. The van der Waals surface area contributed by atoms with Crippen LogP contribution in [-0.4, -0.2) is 15.0 Å². The molecule has 0 N–H and O–H groups in total. The molecule has 0 aromatic carbocycles. The maximum absolute atomic E-state index is 5.72. The van der Waals surface area contributed by atoms with Crippen molar-refractivity contribution in [2.45, 2.75) is 132 Å². The van der Waals surface area contributed by atoms with E-state index >= 15 is 0 Å². The maximum atomic E-state index is 5.72. The van der Waals surface area contributed by atoms with Gasteiger partial charge in [0.05, 0.1) is 0 Å². The van der Waals surface area contributed by atoms with Crippen molar-refractivity contribution in [3.8, 4) is 0 Å². The van der Waals surface area contributed by atoms with Gasteiger partial charge in [0.2, 0.25) is 0 Å². The lowest BCUT2D eigenvalue weighted by Gasteiger charge is -2.58. The highest BCUT2D eigenvalue weighted by atomic mass is 15.1. The lowest BCUT2D eigenvalue weighted by atomic mass is 9.48. The third-order valence-corrected chi connectivity index (χ3v) is 14.2. The Hall–Kier alpha value is -0.990. The van der Waals surface area contributed by atoms with E-state index in [1.807, 2.05) is 0 Å². The van der Waals surface area contributed by atoms with E-state index in [0.717, 1.165) is 53.3 Å². The van der Waals surface area contributed by atoms with Crippen molar-refractivity contribution >= 4 is 0 Å². The van der Waals surface area contributed by atoms with E-state index in [4.69, 9.17) is 15.0 Å². The summed E-state index contributed by atoms with van der Waals surface area (Å²) in [4.78, 5) is 17.2. The van der Waals surface area contributed by atoms with Crippen molar-refractivity contribution < 1.29 is 0 Å². The Morgan fingerprint density at radius 3 is 0.639 bits per heavy atom. The first-order chi connectivity index (χ1) is 17.5. The van der Waals surface area contributed by atoms with Gasteiger partial charge in [0.1, 0.15) is 17.5 Å². The molecule has 0 aliphatic heterocycles. The van der Waals surface area contributed by atoms with Crippen LogP contribution in [0.25, 0.3) is 0 Å². The van der Waals surface area contributed by atoms with Crippen LogP contribution in [0.3, 0.4) is 0 Å². The zero-order valence-corrected chi connectivity index (χ0v) is 22.3. The molecule has 3 heteroatoms. The Labute approximate surface area is 217 Å². The molecule has 12 aliphatic rings. The van der Waals surface area contributed by atoms with E-state index in [1.165, 1.54) is 133 Å². The second-order valence-electron chi connectivity index (χ2n) is 16.9. The summed E-state index contributed by atoms with van der Waals surface area (Å²) in [6.45, 7) is 0. The largest absolute Gasteiger partial charge is 0.217 e. The molecule has 36 heavy (non-hydrogen) atoms. The lowest BCUT2D eigenvalue weighted by Crippen LogP contribution is -2.53. The molecule has 0 unspecified atom stereocenters. The predicted molar refractivity (Wildman–Crippen MR) is 139 cm³/mol. The Morgan fingerprint density at radius 1 is 0.306 bits per heavy atom. The van der Waals surface area contributed by atoms with Crippen molar-refractivity contribution in [1.29, 1.82) is 0 Å². The predicted octanol–water partition coefficient (Wildman–Crippen LogP) is 7.28. The average molecular weight is 484 g/mol. The molecule has 1 aromatic rings. The van der Waals surface area contributed by atoms with Crippen molar-refractivity contribution in [1.82, 2.24) is 15.0 Å². The van der Waals surface area contributed by atoms with Gasteiger partial charge in [-0.1, -0.05) is 0 Å². The van der Waals surface area contributed by atoms with Crippen LogP contribution in [0.2, 0.25) is 0 Å². The van der Waals surface area contributed by atoms with Crippen molar-refractivity contribution in [2.24, 2.45) is 53.3 Å². The number of hydrogen-bond donors (Lipinski definition) is 0. The van der Waals surface area contributed by atoms with Crippen LogP contribution in [0.4, 0.5) is 0 Å². The van der Waals surface area contributed by atoms with Crippen LogP contribution < -0.4 is 0 Å². The van der Waals surface area contributed by atoms with Crippen LogP contribution >= 0.6 is 0 Å². The minimum Gasteiger partial charge on any atom is -0.217 e. The van der Waals surface area contributed by atoms with Crippen molar-refractivity contribution in [2.75, 3.05) is 0 Å². The minimum atomic E-state index is 0.297. The minimum absolute atomic E-state index is 0.297. The fraction of sp³-hybridized carbons (Fsp3) is 0.909. The summed E-state index contributed by atoms with van der Waals surface area (Å²) in [5.41, 5.74) is 0.892.